The van der Waals surface area contributed by atoms with Gasteiger partial charge in [0.2, 0.25) is 10.0 Å². The Balaban J connectivity index is 2.01. The lowest BCUT2D eigenvalue weighted by Crippen LogP contribution is -2.24. The van der Waals surface area contributed by atoms with Crippen molar-refractivity contribution in [1.29, 1.82) is 0 Å². The third-order valence-corrected chi connectivity index (χ3v) is 5.08. The Morgan fingerprint density at radius 1 is 1.00 bits per heavy atom. The molecule has 0 saturated heterocycles. The second-order valence-corrected chi connectivity index (χ2v) is 7.37. The molecule has 26 heavy (non-hydrogen) atoms. The fraction of sp³-hybridized carbons (Fsp3) is 0.158. The van der Waals surface area contributed by atoms with Crippen molar-refractivity contribution in [2.24, 2.45) is 0 Å². The Kier molecular flexibility index (Phi) is 6.43. The second-order valence-electron chi connectivity index (χ2n) is 5.60. The summed E-state index contributed by atoms with van der Waals surface area (Å²) in [5, 5.41) is 2.67. The highest BCUT2D eigenvalue weighted by Crippen LogP contribution is 2.12. The number of rotatable bonds is 8. The minimum Gasteiger partial charge on any atom is -0.349 e. The molecule has 1 amide bonds. The van der Waals surface area contributed by atoms with Gasteiger partial charge in [-0.25, -0.2) is 13.1 Å². The first kappa shape index (κ1) is 19.6. The highest BCUT2D eigenvalue weighted by Gasteiger charge is 2.14. The summed E-state index contributed by atoms with van der Waals surface area (Å²) < 4.78 is 27.1. The largest absolute Gasteiger partial charge is 0.349 e. The standard InChI is InChI=1S/C19H20N2O4S/c1-3-12-20-19(23)17-6-4-15(5-7-17)13-21-26(24,25)18-10-8-16(9-11-18)14(2)22/h3-11,21H,1,12-13H2,2H3,(H,20,23). The van der Waals surface area contributed by atoms with Crippen LogP contribution in [0.15, 0.2) is 66.1 Å². The van der Waals surface area contributed by atoms with Gasteiger partial charge in [-0.1, -0.05) is 30.3 Å². The lowest BCUT2D eigenvalue weighted by Gasteiger charge is -2.08. The van der Waals surface area contributed by atoms with Crippen molar-refractivity contribution in [2.75, 3.05) is 6.54 Å². The number of carbonyl (C=O) groups excluding carboxylic acids is 2. The van der Waals surface area contributed by atoms with Crippen LogP contribution in [-0.4, -0.2) is 26.7 Å². The molecular formula is C19H20N2O4S. The van der Waals surface area contributed by atoms with Crippen LogP contribution < -0.4 is 10.0 Å². The van der Waals surface area contributed by atoms with Crippen LogP contribution in [0, 0.1) is 0 Å². The number of hydrogen-bond donors (Lipinski definition) is 2. The molecule has 0 heterocycles. The van der Waals surface area contributed by atoms with E-state index in [1.807, 2.05) is 0 Å². The molecule has 2 aromatic rings. The molecule has 0 saturated carbocycles. The molecule has 0 radical (unpaired) electrons. The van der Waals surface area contributed by atoms with Crippen molar-refractivity contribution < 1.29 is 18.0 Å². The normalized spacial score (nSPS) is 11.0. The molecule has 0 aliphatic heterocycles. The zero-order valence-electron chi connectivity index (χ0n) is 14.4. The summed E-state index contributed by atoms with van der Waals surface area (Å²) in [7, 11) is -3.69. The molecule has 0 aliphatic carbocycles. The average molecular weight is 372 g/mol. The molecule has 0 spiro atoms. The van der Waals surface area contributed by atoms with Gasteiger partial charge in [0, 0.05) is 24.2 Å². The molecule has 0 aromatic heterocycles. The Morgan fingerprint density at radius 3 is 2.12 bits per heavy atom. The first-order valence-corrected chi connectivity index (χ1v) is 9.40. The van der Waals surface area contributed by atoms with Crippen LogP contribution in [-0.2, 0) is 16.6 Å². The van der Waals surface area contributed by atoms with E-state index in [1.165, 1.54) is 31.2 Å². The number of hydrogen-bond acceptors (Lipinski definition) is 4. The van der Waals surface area contributed by atoms with E-state index in [1.54, 1.807) is 30.3 Å². The van der Waals surface area contributed by atoms with Crippen molar-refractivity contribution in [3.63, 3.8) is 0 Å². The summed E-state index contributed by atoms with van der Waals surface area (Å²) in [5.74, 6) is -0.346. The number of ketones is 1. The number of benzene rings is 2. The monoisotopic (exact) mass is 372 g/mol. The number of Topliss-reactive ketones (excluding diaryl/α,β-unsaturated/α-hetero) is 1. The van der Waals surface area contributed by atoms with Crippen molar-refractivity contribution in [2.45, 2.75) is 18.4 Å². The third-order valence-electron chi connectivity index (χ3n) is 3.66. The summed E-state index contributed by atoms with van der Waals surface area (Å²) in [6, 6.07) is 12.4. The second kappa shape index (κ2) is 8.55. The van der Waals surface area contributed by atoms with Gasteiger partial charge in [-0.3, -0.25) is 9.59 Å². The molecule has 136 valence electrons. The van der Waals surface area contributed by atoms with E-state index >= 15 is 0 Å². The molecular weight excluding hydrogens is 352 g/mol. The molecule has 2 N–H and O–H groups in total. The van der Waals surface area contributed by atoms with Crippen molar-refractivity contribution in [3.05, 3.63) is 77.9 Å². The minimum absolute atomic E-state index is 0.0860. The third kappa shape index (κ3) is 5.11. The van der Waals surface area contributed by atoms with Crippen LogP contribution in [0.2, 0.25) is 0 Å². The van der Waals surface area contributed by atoms with E-state index in [4.69, 9.17) is 0 Å². The number of carbonyl (C=O) groups is 2. The van der Waals surface area contributed by atoms with Gasteiger partial charge < -0.3 is 5.32 Å². The molecule has 0 fully saturated rings. The van der Waals surface area contributed by atoms with Crippen LogP contribution in [0.1, 0.15) is 33.2 Å². The van der Waals surface area contributed by atoms with Gasteiger partial charge in [-0.15, -0.1) is 6.58 Å². The zero-order valence-corrected chi connectivity index (χ0v) is 15.2. The van der Waals surface area contributed by atoms with Crippen molar-refractivity contribution in [3.8, 4) is 0 Å². The van der Waals surface area contributed by atoms with E-state index in [0.717, 1.165) is 0 Å². The maximum atomic E-state index is 12.3. The zero-order chi connectivity index (χ0) is 19.2. The van der Waals surface area contributed by atoms with E-state index < -0.39 is 10.0 Å². The average Bonchev–Trinajstić information content (AvgIpc) is 2.65. The molecule has 2 rings (SSSR count). The molecule has 7 heteroatoms. The maximum absolute atomic E-state index is 12.3. The van der Waals surface area contributed by atoms with E-state index in [9.17, 15) is 18.0 Å². The minimum atomic E-state index is -3.69. The quantitative estimate of drug-likeness (QED) is 0.549. The lowest BCUT2D eigenvalue weighted by molar-refractivity contribution is 0.0957. The predicted molar refractivity (Wildman–Crippen MR) is 99.4 cm³/mol. The number of amides is 1. The summed E-state index contributed by atoms with van der Waals surface area (Å²) in [6.45, 7) is 5.42. The van der Waals surface area contributed by atoms with Gasteiger partial charge in [0.15, 0.2) is 5.78 Å². The molecule has 0 bridgehead atoms. The van der Waals surface area contributed by atoms with Gasteiger partial charge in [-0.2, -0.15) is 0 Å². The van der Waals surface area contributed by atoms with E-state index in [2.05, 4.69) is 16.6 Å². The fourth-order valence-electron chi connectivity index (χ4n) is 2.17. The Labute approximate surface area is 153 Å². The van der Waals surface area contributed by atoms with Gasteiger partial charge in [0.25, 0.3) is 5.91 Å². The first-order chi connectivity index (χ1) is 12.3. The van der Waals surface area contributed by atoms with Crippen LogP contribution in [0.5, 0.6) is 0 Å². The molecule has 2 aromatic carbocycles. The summed E-state index contributed by atoms with van der Waals surface area (Å²) in [5.41, 5.74) is 1.65. The van der Waals surface area contributed by atoms with Crippen LogP contribution >= 0.6 is 0 Å². The van der Waals surface area contributed by atoms with Gasteiger partial charge in [0.1, 0.15) is 0 Å². The number of sulfonamides is 1. The summed E-state index contributed by atoms with van der Waals surface area (Å²) in [6.07, 6.45) is 1.59. The Hall–Kier alpha value is -2.77. The SMILES string of the molecule is C=CCNC(=O)c1ccc(CNS(=O)(=O)c2ccc(C(C)=O)cc2)cc1. The van der Waals surface area contributed by atoms with Gasteiger partial charge in [0.05, 0.1) is 4.90 Å². The number of nitrogens with one attached hydrogen (secondary N) is 2. The van der Waals surface area contributed by atoms with Crippen molar-refractivity contribution >= 4 is 21.7 Å². The van der Waals surface area contributed by atoms with Crippen LogP contribution in [0.3, 0.4) is 0 Å². The fourth-order valence-corrected chi connectivity index (χ4v) is 3.19. The highest BCUT2D eigenvalue weighted by atomic mass is 32.2. The summed E-state index contributed by atoms with van der Waals surface area (Å²) in [4.78, 5) is 23.1. The molecule has 0 unspecified atom stereocenters. The smallest absolute Gasteiger partial charge is 0.251 e. The molecule has 6 nitrogen and oxygen atoms in total. The Morgan fingerprint density at radius 2 is 1.58 bits per heavy atom. The predicted octanol–water partition coefficient (Wildman–Crippen LogP) is 2.28. The van der Waals surface area contributed by atoms with Crippen LogP contribution in [0.4, 0.5) is 0 Å². The topological polar surface area (TPSA) is 92.3 Å². The van der Waals surface area contributed by atoms with E-state index in [0.29, 0.717) is 23.2 Å². The molecule has 0 aliphatic rings. The lowest BCUT2D eigenvalue weighted by atomic mass is 10.1. The summed E-state index contributed by atoms with van der Waals surface area (Å²) >= 11 is 0. The van der Waals surface area contributed by atoms with Crippen molar-refractivity contribution in [1.82, 2.24) is 10.0 Å². The molecule has 0 atom stereocenters. The highest BCUT2D eigenvalue weighted by molar-refractivity contribution is 7.89. The maximum Gasteiger partial charge on any atom is 0.251 e. The van der Waals surface area contributed by atoms with Gasteiger partial charge >= 0.3 is 0 Å². The Bertz CT molecular complexity index is 902. The van der Waals surface area contributed by atoms with Crippen LogP contribution in [0.25, 0.3) is 0 Å². The van der Waals surface area contributed by atoms with E-state index in [-0.39, 0.29) is 23.1 Å². The first-order valence-electron chi connectivity index (χ1n) is 7.92. The van der Waals surface area contributed by atoms with Gasteiger partial charge in [-0.05, 0) is 36.8 Å².